The summed E-state index contributed by atoms with van der Waals surface area (Å²) in [5.74, 6) is -0.170. The van der Waals surface area contributed by atoms with E-state index in [4.69, 9.17) is 9.05 Å². The highest BCUT2D eigenvalue weighted by atomic mass is 31.2. The molecule has 0 fully saturated rings. The van der Waals surface area contributed by atoms with E-state index in [1.165, 1.54) is 302 Å². The van der Waals surface area contributed by atoms with Gasteiger partial charge in [-0.25, -0.2) is 4.57 Å². The summed E-state index contributed by atoms with van der Waals surface area (Å²) in [5, 5.41) is 13.9. The predicted octanol–water partition coefficient (Wildman–Crippen LogP) is 21.3. The molecule has 0 heterocycles. The predicted molar refractivity (Wildman–Crippen MR) is 332 cm³/mol. The SMILES string of the molecule is CCCCCCCCCCCCC/C=C/C(O)C(COP(=O)(O)OCC[N+](C)(C)C)NC(=O)CCCCCCCCCCCCCCCCCCCCCCCCCCCCCCCCCCCCCCCCCCC. The summed E-state index contributed by atoms with van der Waals surface area (Å²) in [6.07, 6.45) is 75.3. The molecule has 8 nitrogen and oxygen atoms in total. The summed E-state index contributed by atoms with van der Waals surface area (Å²) in [6.45, 7) is 4.86. The molecular weight excluding hydrogens is 960 g/mol. The molecule has 0 aliphatic carbocycles. The summed E-state index contributed by atoms with van der Waals surface area (Å²) < 4.78 is 23.7. The Kier molecular flexibility index (Phi) is 58.3. The Bertz CT molecular complexity index is 1240. The number of likely N-dealkylation sites (N-methyl/N-ethyl adjacent to an activating group) is 1. The summed E-state index contributed by atoms with van der Waals surface area (Å²) in [5.41, 5.74) is 0. The van der Waals surface area contributed by atoms with Crippen LogP contribution in [0.1, 0.15) is 361 Å². The fourth-order valence-electron chi connectivity index (χ4n) is 10.7. The Balaban J connectivity index is 3.78. The molecule has 0 aliphatic heterocycles. The van der Waals surface area contributed by atoms with E-state index in [9.17, 15) is 19.4 Å². The van der Waals surface area contributed by atoms with Gasteiger partial charge in [-0.3, -0.25) is 13.8 Å². The zero-order valence-electron chi connectivity index (χ0n) is 52.0. The number of carbonyl (C=O) groups excluding carboxylic acids is 1. The van der Waals surface area contributed by atoms with Crippen molar-refractivity contribution >= 4 is 13.7 Å². The van der Waals surface area contributed by atoms with Crippen LogP contribution in [0.4, 0.5) is 0 Å². The van der Waals surface area contributed by atoms with E-state index in [-0.39, 0.29) is 19.1 Å². The number of aliphatic hydroxyl groups is 1. The third kappa shape index (κ3) is 60.9. The van der Waals surface area contributed by atoms with Crippen molar-refractivity contribution in [1.82, 2.24) is 5.32 Å². The number of unbranched alkanes of at least 4 members (excludes halogenated alkanes) is 51. The highest BCUT2D eigenvalue weighted by Crippen LogP contribution is 2.43. The quantitative estimate of drug-likeness (QED) is 0.0243. The van der Waals surface area contributed by atoms with Crippen molar-refractivity contribution < 1.29 is 32.9 Å². The molecule has 3 atom stereocenters. The second-order valence-corrected chi connectivity index (χ2v) is 26.4. The molecule has 3 N–H and O–H groups in total. The molecule has 0 aromatic carbocycles. The van der Waals surface area contributed by atoms with Gasteiger partial charge in [0.15, 0.2) is 0 Å². The molecule has 0 saturated carbocycles. The van der Waals surface area contributed by atoms with Crippen molar-refractivity contribution in [1.29, 1.82) is 0 Å². The molecule has 0 aromatic rings. The van der Waals surface area contributed by atoms with Crippen LogP contribution >= 0.6 is 7.82 Å². The van der Waals surface area contributed by atoms with E-state index in [0.717, 1.165) is 38.5 Å². The van der Waals surface area contributed by atoms with Gasteiger partial charge in [-0.1, -0.05) is 347 Å². The summed E-state index contributed by atoms with van der Waals surface area (Å²) in [7, 11) is 1.59. The number of rotatable bonds is 64. The standard InChI is InChI=1S/C67H135N2O6P/c1-6-8-10-12-14-16-18-20-21-22-23-24-25-26-27-28-29-30-31-32-33-34-35-36-37-38-39-40-41-42-43-44-45-46-47-49-51-53-55-57-59-61-67(71)68-65(64-75-76(72,73)74-63-62-69(3,4)5)66(70)60-58-56-54-52-50-48-19-17-15-13-11-9-7-2/h58,60,65-66,70H,6-57,59,61-64H2,1-5H3,(H-,68,71,72,73)/p+1/b60-58+. The van der Waals surface area contributed by atoms with E-state index in [1.54, 1.807) is 6.08 Å². The highest BCUT2D eigenvalue weighted by Gasteiger charge is 2.28. The number of carbonyl (C=O) groups is 1. The molecule has 0 rings (SSSR count). The van der Waals surface area contributed by atoms with Crippen molar-refractivity contribution in [2.75, 3.05) is 40.9 Å². The van der Waals surface area contributed by atoms with Crippen LogP contribution in [0.25, 0.3) is 0 Å². The fraction of sp³-hybridized carbons (Fsp3) is 0.955. The first-order valence-corrected chi connectivity index (χ1v) is 35.6. The number of amides is 1. The maximum absolute atomic E-state index is 13.0. The minimum atomic E-state index is -4.34. The van der Waals surface area contributed by atoms with Crippen molar-refractivity contribution in [3.8, 4) is 0 Å². The van der Waals surface area contributed by atoms with E-state index in [1.807, 2.05) is 27.2 Å². The van der Waals surface area contributed by atoms with Gasteiger partial charge in [0.2, 0.25) is 5.91 Å². The largest absolute Gasteiger partial charge is 0.472 e. The molecule has 3 unspecified atom stereocenters. The van der Waals surface area contributed by atoms with Gasteiger partial charge < -0.3 is 19.8 Å². The molecule has 0 bridgehead atoms. The van der Waals surface area contributed by atoms with E-state index in [2.05, 4.69) is 19.2 Å². The summed E-state index contributed by atoms with van der Waals surface area (Å²) >= 11 is 0. The minimum absolute atomic E-state index is 0.0650. The number of phosphoric ester groups is 1. The van der Waals surface area contributed by atoms with Gasteiger partial charge in [0.25, 0.3) is 0 Å². The number of hydrogen-bond acceptors (Lipinski definition) is 5. The van der Waals surface area contributed by atoms with E-state index >= 15 is 0 Å². The smallest absolute Gasteiger partial charge is 0.387 e. The molecule has 9 heteroatoms. The maximum Gasteiger partial charge on any atom is 0.472 e. The van der Waals surface area contributed by atoms with Crippen LogP contribution < -0.4 is 5.32 Å². The third-order valence-electron chi connectivity index (χ3n) is 16.0. The van der Waals surface area contributed by atoms with Crippen molar-refractivity contribution in [3.63, 3.8) is 0 Å². The minimum Gasteiger partial charge on any atom is -0.387 e. The second-order valence-electron chi connectivity index (χ2n) is 24.9. The lowest BCUT2D eigenvalue weighted by Crippen LogP contribution is -2.45. The molecule has 454 valence electrons. The van der Waals surface area contributed by atoms with Gasteiger partial charge >= 0.3 is 7.82 Å². The zero-order valence-corrected chi connectivity index (χ0v) is 52.9. The molecule has 76 heavy (non-hydrogen) atoms. The summed E-state index contributed by atoms with van der Waals surface area (Å²) in [4.78, 5) is 23.3. The maximum atomic E-state index is 13.0. The van der Waals surface area contributed by atoms with Crippen molar-refractivity contribution in [2.24, 2.45) is 0 Å². The second kappa shape index (κ2) is 58.9. The van der Waals surface area contributed by atoms with Crippen LogP contribution in [0.2, 0.25) is 0 Å². The van der Waals surface area contributed by atoms with Gasteiger partial charge in [0, 0.05) is 6.42 Å². The normalized spacial score (nSPS) is 13.7. The Morgan fingerprint density at radius 3 is 0.974 bits per heavy atom. The zero-order chi connectivity index (χ0) is 55.6. The Labute approximate surface area is 475 Å². The van der Waals surface area contributed by atoms with E-state index < -0.39 is 20.0 Å². The molecule has 0 spiro atoms. The molecule has 0 saturated heterocycles. The number of phosphoric acid groups is 1. The first-order chi connectivity index (χ1) is 37.0. The number of nitrogens with one attached hydrogen (secondary N) is 1. The molecule has 0 aromatic heterocycles. The number of quaternary nitrogens is 1. The Hall–Kier alpha value is -0.760. The monoisotopic (exact) mass is 1100 g/mol. The van der Waals surface area contributed by atoms with E-state index in [0.29, 0.717) is 17.4 Å². The number of nitrogens with zero attached hydrogens (tertiary/aromatic N) is 1. The number of hydrogen-bond donors (Lipinski definition) is 3. The topological polar surface area (TPSA) is 105 Å². The van der Waals surface area contributed by atoms with Gasteiger partial charge in [-0.2, -0.15) is 0 Å². The lowest BCUT2D eigenvalue weighted by atomic mass is 10.0. The number of aliphatic hydroxyl groups excluding tert-OH is 1. The average molecular weight is 1100 g/mol. The Morgan fingerprint density at radius 1 is 0.434 bits per heavy atom. The van der Waals surface area contributed by atoms with Crippen molar-refractivity contribution in [3.05, 3.63) is 12.2 Å². The third-order valence-corrected chi connectivity index (χ3v) is 17.0. The summed E-state index contributed by atoms with van der Waals surface area (Å²) in [6, 6.07) is -0.842. The van der Waals surface area contributed by atoms with Gasteiger partial charge in [0.1, 0.15) is 13.2 Å². The molecule has 0 aliphatic rings. The average Bonchev–Trinajstić information content (AvgIpc) is 3.38. The van der Waals surface area contributed by atoms with Gasteiger partial charge in [0.05, 0.1) is 39.9 Å². The highest BCUT2D eigenvalue weighted by molar-refractivity contribution is 7.47. The number of allylic oxidation sites excluding steroid dienone is 1. The lowest BCUT2D eigenvalue weighted by molar-refractivity contribution is -0.870. The van der Waals surface area contributed by atoms with Crippen LogP contribution in [0.15, 0.2) is 12.2 Å². The lowest BCUT2D eigenvalue weighted by Gasteiger charge is -2.25. The molecular formula is C67H136N2O6P+. The van der Waals surface area contributed by atoms with Gasteiger partial charge in [-0.15, -0.1) is 0 Å². The van der Waals surface area contributed by atoms with Crippen LogP contribution in [0, 0.1) is 0 Å². The van der Waals surface area contributed by atoms with Crippen LogP contribution in [0.5, 0.6) is 0 Å². The van der Waals surface area contributed by atoms with Gasteiger partial charge in [-0.05, 0) is 19.3 Å². The fourth-order valence-corrected chi connectivity index (χ4v) is 11.4. The first-order valence-electron chi connectivity index (χ1n) is 34.1. The van der Waals surface area contributed by atoms with Crippen molar-refractivity contribution in [2.45, 2.75) is 373 Å². The van der Waals surface area contributed by atoms with Crippen LogP contribution in [0.3, 0.4) is 0 Å². The van der Waals surface area contributed by atoms with Crippen LogP contribution in [-0.2, 0) is 18.4 Å². The van der Waals surface area contributed by atoms with Crippen LogP contribution in [-0.4, -0.2) is 73.4 Å². The Morgan fingerprint density at radius 2 is 0.697 bits per heavy atom. The molecule has 1 amide bonds. The first kappa shape index (κ1) is 75.2. The molecule has 0 radical (unpaired) electrons.